The van der Waals surface area contributed by atoms with Gasteiger partial charge >= 0.3 is 0 Å². The van der Waals surface area contributed by atoms with Crippen molar-refractivity contribution in [2.24, 2.45) is 5.92 Å². The molecule has 0 aliphatic carbocycles. The Morgan fingerprint density at radius 2 is 1.43 bits per heavy atom. The lowest BCUT2D eigenvalue weighted by Gasteiger charge is -2.38. The van der Waals surface area contributed by atoms with Gasteiger partial charge in [0.05, 0.1) is 18.3 Å². The van der Waals surface area contributed by atoms with Gasteiger partial charge in [0, 0.05) is 5.92 Å². The summed E-state index contributed by atoms with van der Waals surface area (Å²) in [6, 6.07) is 0. The molecule has 2 rings (SSSR count). The molecule has 14 heavy (non-hydrogen) atoms. The lowest BCUT2D eigenvalue weighted by atomic mass is 9.89. The summed E-state index contributed by atoms with van der Waals surface area (Å²) in [5.41, 5.74) is 0. The van der Waals surface area contributed by atoms with Crippen LogP contribution in [0.25, 0.3) is 0 Å². The summed E-state index contributed by atoms with van der Waals surface area (Å²) in [4.78, 5) is 0. The van der Waals surface area contributed by atoms with Gasteiger partial charge in [-0.1, -0.05) is 6.92 Å². The van der Waals surface area contributed by atoms with E-state index in [1.807, 2.05) is 13.8 Å². The fraction of sp³-hybridized carbons (Fsp3) is 1.00. The lowest BCUT2D eigenvalue weighted by Crippen LogP contribution is -2.49. The second kappa shape index (κ2) is 3.19. The van der Waals surface area contributed by atoms with Crippen LogP contribution in [0.1, 0.15) is 34.6 Å². The van der Waals surface area contributed by atoms with Gasteiger partial charge in [0.25, 0.3) is 0 Å². The molecule has 82 valence electrons. The van der Waals surface area contributed by atoms with E-state index < -0.39 is 5.79 Å². The molecule has 2 saturated heterocycles. The number of fused-ring (bicyclic) bond motifs is 1. The van der Waals surface area contributed by atoms with Crippen LogP contribution in [0.5, 0.6) is 0 Å². The van der Waals surface area contributed by atoms with Crippen LogP contribution in [0, 0.1) is 5.92 Å². The van der Waals surface area contributed by atoms with Crippen molar-refractivity contribution in [3.63, 3.8) is 0 Å². The minimum atomic E-state index is -0.453. The van der Waals surface area contributed by atoms with Gasteiger partial charge in [-0.15, -0.1) is 0 Å². The molecular weight excluding hydrogens is 180 g/mol. The van der Waals surface area contributed by atoms with E-state index in [-0.39, 0.29) is 24.4 Å². The SMILES string of the molecule is CC1OC(C)[C@@H]2OC(C)(C)O[C@@H]2[C@H]1C. The largest absolute Gasteiger partial charge is 0.372 e. The van der Waals surface area contributed by atoms with Gasteiger partial charge in [-0.05, 0) is 27.7 Å². The van der Waals surface area contributed by atoms with Crippen LogP contribution < -0.4 is 0 Å². The first kappa shape index (κ1) is 10.4. The molecule has 0 spiro atoms. The van der Waals surface area contributed by atoms with E-state index in [0.29, 0.717) is 5.92 Å². The van der Waals surface area contributed by atoms with E-state index >= 15 is 0 Å². The number of rotatable bonds is 0. The standard InChI is InChI=1S/C11H20O3/c1-6-7(2)12-8(3)10-9(6)13-11(4,5)14-10/h6-10H,1-5H3/t6-,7?,8?,9+,10-/m0/s1. The molecule has 2 aliphatic rings. The molecule has 2 fully saturated rings. The molecule has 5 atom stereocenters. The summed E-state index contributed by atoms with van der Waals surface area (Å²) < 4.78 is 17.5. The molecule has 2 unspecified atom stereocenters. The van der Waals surface area contributed by atoms with Crippen LogP contribution in [0.15, 0.2) is 0 Å². The molecule has 0 aromatic carbocycles. The summed E-state index contributed by atoms with van der Waals surface area (Å²) in [5.74, 6) is -0.0522. The Hall–Kier alpha value is -0.120. The van der Waals surface area contributed by atoms with E-state index in [4.69, 9.17) is 14.2 Å². The Morgan fingerprint density at radius 1 is 0.857 bits per heavy atom. The second-order valence-corrected chi connectivity index (χ2v) is 4.97. The molecule has 0 aromatic rings. The third-order valence-corrected chi connectivity index (χ3v) is 3.31. The van der Waals surface area contributed by atoms with Gasteiger partial charge in [0.15, 0.2) is 5.79 Å². The quantitative estimate of drug-likeness (QED) is 0.598. The average molecular weight is 200 g/mol. The molecule has 3 heteroatoms. The molecule has 0 bridgehead atoms. The zero-order chi connectivity index (χ0) is 10.5. The number of hydrogen-bond acceptors (Lipinski definition) is 3. The summed E-state index contributed by atoms with van der Waals surface area (Å²) in [5, 5.41) is 0. The van der Waals surface area contributed by atoms with Gasteiger partial charge in [-0.2, -0.15) is 0 Å². The van der Waals surface area contributed by atoms with Crippen molar-refractivity contribution in [1.82, 2.24) is 0 Å². The zero-order valence-electron chi connectivity index (χ0n) is 9.61. The fourth-order valence-corrected chi connectivity index (χ4v) is 2.39. The summed E-state index contributed by atoms with van der Waals surface area (Å²) >= 11 is 0. The average Bonchev–Trinajstić information content (AvgIpc) is 2.38. The minimum Gasteiger partial charge on any atom is -0.372 e. The van der Waals surface area contributed by atoms with Crippen LogP contribution in [0.4, 0.5) is 0 Å². The number of hydrogen-bond donors (Lipinski definition) is 0. The van der Waals surface area contributed by atoms with Gasteiger partial charge in [-0.3, -0.25) is 0 Å². The third-order valence-electron chi connectivity index (χ3n) is 3.31. The van der Waals surface area contributed by atoms with Gasteiger partial charge in [0.2, 0.25) is 0 Å². The van der Waals surface area contributed by atoms with Crippen LogP contribution in [0.2, 0.25) is 0 Å². The lowest BCUT2D eigenvalue weighted by molar-refractivity contribution is -0.155. The highest BCUT2D eigenvalue weighted by Gasteiger charge is 2.51. The Balaban J connectivity index is 2.18. The maximum atomic E-state index is 5.90. The van der Waals surface area contributed by atoms with Crippen molar-refractivity contribution in [1.29, 1.82) is 0 Å². The van der Waals surface area contributed by atoms with Crippen LogP contribution in [-0.2, 0) is 14.2 Å². The molecule has 2 aliphatic heterocycles. The predicted octanol–water partition coefficient (Wildman–Crippen LogP) is 1.95. The van der Waals surface area contributed by atoms with E-state index in [1.54, 1.807) is 0 Å². The first-order valence-corrected chi connectivity index (χ1v) is 5.42. The van der Waals surface area contributed by atoms with Crippen molar-refractivity contribution < 1.29 is 14.2 Å². The van der Waals surface area contributed by atoms with Crippen molar-refractivity contribution >= 4 is 0 Å². The molecule has 0 amide bonds. The summed E-state index contributed by atoms with van der Waals surface area (Å²) in [6.45, 7) is 10.3. The maximum absolute atomic E-state index is 5.90. The summed E-state index contributed by atoms with van der Waals surface area (Å²) in [7, 11) is 0. The van der Waals surface area contributed by atoms with Crippen molar-refractivity contribution in [2.75, 3.05) is 0 Å². The smallest absolute Gasteiger partial charge is 0.163 e. The molecular formula is C11H20O3. The first-order valence-electron chi connectivity index (χ1n) is 5.42. The Morgan fingerprint density at radius 3 is 2.07 bits per heavy atom. The highest BCUT2D eigenvalue weighted by atomic mass is 16.8. The van der Waals surface area contributed by atoms with Gasteiger partial charge in [-0.25, -0.2) is 0 Å². The van der Waals surface area contributed by atoms with Gasteiger partial charge in [0.1, 0.15) is 6.10 Å². The summed E-state index contributed by atoms with van der Waals surface area (Å²) in [6.07, 6.45) is 0.664. The monoisotopic (exact) mass is 200 g/mol. The van der Waals surface area contributed by atoms with E-state index in [2.05, 4.69) is 20.8 Å². The van der Waals surface area contributed by atoms with Crippen LogP contribution >= 0.6 is 0 Å². The highest BCUT2D eigenvalue weighted by Crippen LogP contribution is 2.39. The zero-order valence-corrected chi connectivity index (χ0v) is 9.61. The minimum absolute atomic E-state index is 0.0937. The molecule has 3 nitrogen and oxygen atoms in total. The molecule has 0 N–H and O–H groups in total. The second-order valence-electron chi connectivity index (χ2n) is 4.97. The van der Waals surface area contributed by atoms with Crippen molar-refractivity contribution in [3.05, 3.63) is 0 Å². The van der Waals surface area contributed by atoms with E-state index in [1.165, 1.54) is 0 Å². The van der Waals surface area contributed by atoms with Crippen LogP contribution in [-0.4, -0.2) is 30.2 Å². The number of ether oxygens (including phenoxy) is 3. The molecule has 2 heterocycles. The Labute approximate surface area is 85.7 Å². The molecule has 0 aromatic heterocycles. The van der Waals surface area contributed by atoms with Gasteiger partial charge < -0.3 is 14.2 Å². The van der Waals surface area contributed by atoms with E-state index in [9.17, 15) is 0 Å². The van der Waals surface area contributed by atoms with Crippen molar-refractivity contribution in [2.45, 2.75) is 64.8 Å². The topological polar surface area (TPSA) is 27.7 Å². The first-order chi connectivity index (χ1) is 6.41. The highest BCUT2D eigenvalue weighted by molar-refractivity contribution is 4.94. The molecule has 0 radical (unpaired) electrons. The predicted molar refractivity (Wildman–Crippen MR) is 53.0 cm³/mol. The Kier molecular flexibility index (Phi) is 2.37. The van der Waals surface area contributed by atoms with Crippen molar-refractivity contribution in [3.8, 4) is 0 Å². The maximum Gasteiger partial charge on any atom is 0.163 e. The van der Waals surface area contributed by atoms with E-state index in [0.717, 1.165) is 0 Å². The Bertz CT molecular complexity index is 227. The molecule has 0 saturated carbocycles. The fourth-order valence-electron chi connectivity index (χ4n) is 2.39. The van der Waals surface area contributed by atoms with Crippen LogP contribution in [0.3, 0.4) is 0 Å². The third kappa shape index (κ3) is 1.58. The normalized spacial score (nSPS) is 51.6.